The van der Waals surface area contributed by atoms with E-state index in [0.29, 0.717) is 24.6 Å². The third-order valence-corrected chi connectivity index (χ3v) is 6.45. The molecule has 4 rings (SSSR count). The molecule has 0 heterocycles. The highest BCUT2D eigenvalue weighted by Crippen LogP contribution is 2.27. The normalized spacial score (nSPS) is 10.5. The van der Waals surface area contributed by atoms with Crippen molar-refractivity contribution in [3.05, 3.63) is 145 Å². The van der Waals surface area contributed by atoms with Crippen LogP contribution in [0.5, 0.6) is 11.5 Å². The van der Waals surface area contributed by atoms with Gasteiger partial charge in [0.2, 0.25) is 0 Å². The van der Waals surface area contributed by atoms with Crippen LogP contribution in [-0.2, 0) is 16.1 Å². The molecule has 0 N–H and O–H groups in total. The van der Waals surface area contributed by atoms with Gasteiger partial charge in [-0.25, -0.2) is 0 Å². The molecule has 0 aliphatic rings. The van der Waals surface area contributed by atoms with Crippen molar-refractivity contribution in [2.45, 2.75) is 48.1 Å². The number of anilines is 2. The van der Waals surface area contributed by atoms with Gasteiger partial charge in [0.1, 0.15) is 0 Å². The zero-order valence-corrected chi connectivity index (χ0v) is 28.1. The Kier molecular flexibility index (Phi) is 17.4. The second kappa shape index (κ2) is 21.6. The maximum atomic E-state index is 13.4. The highest BCUT2D eigenvalue weighted by atomic mass is 16.5. The number of para-hydroxylation sites is 4. The minimum Gasteiger partial charge on any atom is -0.480 e. The standard InChI is InChI=1S/C36H36N2O4.2C2H6/c1-3-4-16-29(2)25-37(31-19-10-6-11-20-31)35(39)27-41-33-23-14-15-24-34(33)42-28-36(40)38(32-21-12-7-13-22-32)26-30-17-8-5-9-18-30;2*1-2/h3-24H,25-28H2,1-2H3;2*1-2H3/b4-3-,29-16+;;. The molecule has 0 aromatic heterocycles. The molecule has 4 aromatic carbocycles. The summed E-state index contributed by atoms with van der Waals surface area (Å²) in [6.45, 7) is 12.4. The number of ether oxygens (including phenoxy) is 2. The summed E-state index contributed by atoms with van der Waals surface area (Å²) >= 11 is 0. The Labute approximate surface area is 275 Å². The van der Waals surface area contributed by atoms with Gasteiger partial charge in [0.15, 0.2) is 24.7 Å². The minimum absolute atomic E-state index is 0.190. The summed E-state index contributed by atoms with van der Waals surface area (Å²) < 4.78 is 11.9. The first-order valence-corrected chi connectivity index (χ1v) is 15.9. The summed E-state index contributed by atoms with van der Waals surface area (Å²) in [5.74, 6) is 0.386. The number of hydrogen-bond donors (Lipinski definition) is 0. The van der Waals surface area contributed by atoms with Gasteiger partial charge in [-0.05, 0) is 55.8 Å². The van der Waals surface area contributed by atoms with Gasteiger partial charge in [-0.1, -0.05) is 130 Å². The Hall–Kier alpha value is -5.10. The second-order valence-corrected chi connectivity index (χ2v) is 9.68. The molecule has 6 heteroatoms. The highest BCUT2D eigenvalue weighted by Gasteiger charge is 2.20. The monoisotopic (exact) mass is 620 g/mol. The highest BCUT2D eigenvalue weighted by molar-refractivity contribution is 5.95. The maximum Gasteiger partial charge on any atom is 0.265 e. The van der Waals surface area contributed by atoms with Crippen LogP contribution in [0.15, 0.2) is 139 Å². The number of amides is 2. The summed E-state index contributed by atoms with van der Waals surface area (Å²) in [4.78, 5) is 30.2. The van der Waals surface area contributed by atoms with Crippen LogP contribution < -0.4 is 19.3 Å². The first kappa shape index (κ1) is 37.1. The number of benzene rings is 4. The van der Waals surface area contributed by atoms with Gasteiger partial charge < -0.3 is 19.3 Å². The molecule has 0 saturated carbocycles. The largest absolute Gasteiger partial charge is 0.480 e. The molecule has 4 aromatic rings. The first-order chi connectivity index (χ1) is 22.5. The molecule has 0 aliphatic heterocycles. The summed E-state index contributed by atoms with van der Waals surface area (Å²) in [6, 6.07) is 35.9. The van der Waals surface area contributed by atoms with Crippen LogP contribution in [0.1, 0.15) is 47.1 Å². The molecule has 0 atom stereocenters. The predicted octanol–water partition coefficient (Wildman–Crippen LogP) is 9.29. The Morgan fingerprint density at radius 1 is 0.609 bits per heavy atom. The van der Waals surface area contributed by atoms with E-state index in [4.69, 9.17) is 9.47 Å². The molecule has 0 aliphatic carbocycles. The van der Waals surface area contributed by atoms with Gasteiger partial charge in [0, 0.05) is 17.9 Å². The molecular formula is C40H48N2O4. The molecule has 0 radical (unpaired) electrons. The van der Waals surface area contributed by atoms with Crippen molar-refractivity contribution in [3.8, 4) is 11.5 Å². The van der Waals surface area contributed by atoms with E-state index in [-0.39, 0.29) is 25.0 Å². The third kappa shape index (κ3) is 12.1. The van der Waals surface area contributed by atoms with Crippen molar-refractivity contribution in [3.63, 3.8) is 0 Å². The van der Waals surface area contributed by atoms with E-state index < -0.39 is 0 Å². The van der Waals surface area contributed by atoms with Crippen molar-refractivity contribution in [1.82, 2.24) is 0 Å². The van der Waals surface area contributed by atoms with Crippen LogP contribution in [0, 0.1) is 0 Å². The molecule has 46 heavy (non-hydrogen) atoms. The number of hydrogen-bond acceptors (Lipinski definition) is 4. The third-order valence-electron chi connectivity index (χ3n) is 6.45. The SMILES string of the molecule is C/C=C\C=C(/C)CN(C(=O)COc1ccccc1OCC(=O)N(Cc1ccccc1)c1ccccc1)c1ccccc1.CC.CC. The topological polar surface area (TPSA) is 59.1 Å². The van der Waals surface area contributed by atoms with Gasteiger partial charge in [-0.15, -0.1) is 0 Å². The molecule has 0 bridgehead atoms. The summed E-state index contributed by atoms with van der Waals surface area (Å²) in [6.07, 6.45) is 5.89. The number of nitrogens with zero attached hydrogens (tertiary/aromatic N) is 2. The van der Waals surface area contributed by atoms with Crippen LogP contribution in [0.3, 0.4) is 0 Å². The lowest BCUT2D eigenvalue weighted by molar-refractivity contribution is -0.121. The molecule has 0 spiro atoms. The van der Waals surface area contributed by atoms with Crippen molar-refractivity contribution in [2.24, 2.45) is 0 Å². The van der Waals surface area contributed by atoms with E-state index in [1.165, 1.54) is 0 Å². The Balaban J connectivity index is 0.00000177. The van der Waals surface area contributed by atoms with E-state index >= 15 is 0 Å². The van der Waals surface area contributed by atoms with E-state index in [0.717, 1.165) is 22.5 Å². The zero-order chi connectivity index (χ0) is 33.6. The smallest absolute Gasteiger partial charge is 0.265 e. The molecule has 2 amide bonds. The van der Waals surface area contributed by atoms with E-state index in [1.807, 2.05) is 151 Å². The van der Waals surface area contributed by atoms with E-state index in [9.17, 15) is 9.59 Å². The number of rotatable bonds is 13. The number of allylic oxidation sites excluding steroid dienone is 3. The molecule has 242 valence electrons. The van der Waals surface area contributed by atoms with Gasteiger partial charge in [0.25, 0.3) is 11.8 Å². The molecule has 0 saturated heterocycles. The van der Waals surface area contributed by atoms with Crippen molar-refractivity contribution < 1.29 is 19.1 Å². The van der Waals surface area contributed by atoms with Crippen molar-refractivity contribution in [2.75, 3.05) is 29.6 Å². The first-order valence-electron chi connectivity index (χ1n) is 15.9. The fraction of sp³-hybridized carbons (Fsp3) is 0.250. The number of carbonyl (C=O) groups excluding carboxylic acids is 2. The second-order valence-electron chi connectivity index (χ2n) is 9.68. The van der Waals surface area contributed by atoms with Crippen LogP contribution in [-0.4, -0.2) is 31.6 Å². The van der Waals surface area contributed by atoms with Gasteiger partial charge in [-0.3, -0.25) is 9.59 Å². The Bertz CT molecular complexity index is 1490. The fourth-order valence-electron chi connectivity index (χ4n) is 4.31. The molecular weight excluding hydrogens is 572 g/mol. The summed E-state index contributed by atoms with van der Waals surface area (Å²) in [5, 5.41) is 0. The van der Waals surface area contributed by atoms with Gasteiger partial charge in [-0.2, -0.15) is 0 Å². The lowest BCUT2D eigenvalue weighted by atomic mass is 10.2. The summed E-state index contributed by atoms with van der Waals surface area (Å²) in [5.41, 5.74) is 3.61. The summed E-state index contributed by atoms with van der Waals surface area (Å²) in [7, 11) is 0. The molecule has 0 unspecified atom stereocenters. The quantitative estimate of drug-likeness (QED) is 0.140. The van der Waals surface area contributed by atoms with Gasteiger partial charge in [0.05, 0.1) is 6.54 Å². The van der Waals surface area contributed by atoms with Gasteiger partial charge >= 0.3 is 0 Å². The van der Waals surface area contributed by atoms with Crippen LogP contribution in [0.4, 0.5) is 11.4 Å². The Morgan fingerprint density at radius 2 is 1.02 bits per heavy atom. The average Bonchev–Trinajstić information content (AvgIpc) is 3.13. The fourth-order valence-corrected chi connectivity index (χ4v) is 4.31. The van der Waals surface area contributed by atoms with E-state index in [1.54, 1.807) is 34.1 Å². The Morgan fingerprint density at radius 3 is 1.50 bits per heavy atom. The van der Waals surface area contributed by atoms with Crippen LogP contribution >= 0.6 is 0 Å². The zero-order valence-electron chi connectivity index (χ0n) is 28.1. The lowest BCUT2D eigenvalue weighted by Gasteiger charge is -2.24. The number of carbonyl (C=O) groups is 2. The molecule has 6 nitrogen and oxygen atoms in total. The lowest BCUT2D eigenvalue weighted by Crippen LogP contribution is -2.36. The van der Waals surface area contributed by atoms with Crippen LogP contribution in [0.2, 0.25) is 0 Å². The van der Waals surface area contributed by atoms with E-state index in [2.05, 4.69) is 0 Å². The minimum atomic E-state index is -0.199. The van der Waals surface area contributed by atoms with Crippen LogP contribution in [0.25, 0.3) is 0 Å². The molecule has 0 fully saturated rings. The average molecular weight is 621 g/mol. The maximum absolute atomic E-state index is 13.4. The van der Waals surface area contributed by atoms with Crippen molar-refractivity contribution in [1.29, 1.82) is 0 Å². The van der Waals surface area contributed by atoms with Crippen molar-refractivity contribution >= 4 is 23.2 Å². The predicted molar refractivity (Wildman–Crippen MR) is 192 cm³/mol.